The monoisotopic (exact) mass is 594 g/mol. The van der Waals surface area contributed by atoms with E-state index >= 15 is 0 Å². The molecule has 10 heteroatoms. The number of H-pyrrole nitrogens is 1. The minimum Gasteiger partial charge on any atom is -0.515 e. The molecule has 5 heterocycles. The van der Waals surface area contributed by atoms with Crippen LogP contribution in [0.5, 0.6) is 0 Å². The SMILES string of the molecule is COC(=O)CCC1=C(C)C2=NC1=CC1=NC(=CC3=NC(=Cc4[nH]c(/c(=C/O)c4C)=C2)C(C=O)=C3C)C(C)=C1CCC(=O)OC. The van der Waals surface area contributed by atoms with Crippen LogP contribution < -0.4 is 10.6 Å². The van der Waals surface area contributed by atoms with Gasteiger partial charge >= 0.3 is 11.9 Å². The van der Waals surface area contributed by atoms with E-state index in [-0.39, 0.29) is 24.8 Å². The summed E-state index contributed by atoms with van der Waals surface area (Å²) in [7, 11) is 2.72. The minimum absolute atomic E-state index is 0.168. The van der Waals surface area contributed by atoms with Gasteiger partial charge in [-0.1, -0.05) is 0 Å². The van der Waals surface area contributed by atoms with E-state index in [0.29, 0.717) is 74.5 Å². The Morgan fingerprint density at radius 2 is 1.36 bits per heavy atom. The van der Waals surface area contributed by atoms with Crippen molar-refractivity contribution < 1.29 is 29.0 Å². The minimum atomic E-state index is -0.334. The largest absolute Gasteiger partial charge is 0.515 e. The Morgan fingerprint density at radius 3 is 2.00 bits per heavy atom. The summed E-state index contributed by atoms with van der Waals surface area (Å²) >= 11 is 0. The zero-order chi connectivity index (χ0) is 31.7. The summed E-state index contributed by atoms with van der Waals surface area (Å²) in [6, 6.07) is 0. The number of hydrogen-bond acceptors (Lipinski definition) is 9. The van der Waals surface area contributed by atoms with E-state index in [9.17, 15) is 19.5 Å². The Bertz CT molecular complexity index is 1920. The van der Waals surface area contributed by atoms with Gasteiger partial charge in [-0.05, 0) is 98.3 Å². The quantitative estimate of drug-likeness (QED) is 0.362. The number of aliphatic hydroxyl groups excluding tert-OH is 1. The molecule has 10 nitrogen and oxygen atoms in total. The Balaban J connectivity index is 1.79. The molecule has 1 aromatic rings. The second-order valence-electron chi connectivity index (χ2n) is 10.9. The highest BCUT2D eigenvalue weighted by Gasteiger charge is 2.27. The highest BCUT2D eigenvalue weighted by molar-refractivity contribution is 6.24. The van der Waals surface area contributed by atoms with E-state index in [1.165, 1.54) is 14.2 Å². The van der Waals surface area contributed by atoms with E-state index in [0.717, 1.165) is 40.4 Å². The third-order valence-electron chi connectivity index (χ3n) is 8.42. The molecule has 0 spiro atoms. The number of esters is 2. The van der Waals surface area contributed by atoms with Crippen LogP contribution in [-0.4, -0.2) is 59.7 Å². The molecule has 4 aliphatic rings. The number of aldehydes is 1. The average Bonchev–Trinajstić information content (AvgIpc) is 3.67. The van der Waals surface area contributed by atoms with E-state index in [2.05, 4.69) is 4.98 Å². The zero-order valence-corrected chi connectivity index (χ0v) is 25.6. The number of nitrogens with zero attached hydrogens (tertiary/aromatic N) is 3. The lowest BCUT2D eigenvalue weighted by Crippen LogP contribution is -2.25. The van der Waals surface area contributed by atoms with E-state index in [1.54, 1.807) is 6.08 Å². The fourth-order valence-corrected chi connectivity index (χ4v) is 5.68. The third kappa shape index (κ3) is 5.50. The van der Waals surface area contributed by atoms with Gasteiger partial charge in [0.2, 0.25) is 0 Å². The van der Waals surface area contributed by atoms with Gasteiger partial charge in [-0.2, -0.15) is 0 Å². The maximum atomic E-state index is 12.2. The van der Waals surface area contributed by atoms with E-state index < -0.39 is 0 Å². The van der Waals surface area contributed by atoms with Gasteiger partial charge in [0.25, 0.3) is 0 Å². The van der Waals surface area contributed by atoms with Gasteiger partial charge in [-0.3, -0.25) is 14.4 Å². The molecule has 8 bridgehead atoms. The number of fused-ring (bicyclic) bond motifs is 5. The number of carbonyl (C=O) groups excluding carboxylic acids is 3. The molecule has 0 atom stereocenters. The van der Waals surface area contributed by atoms with Crippen molar-refractivity contribution in [2.75, 3.05) is 14.2 Å². The second-order valence-corrected chi connectivity index (χ2v) is 10.9. The molecule has 0 saturated carbocycles. The normalized spacial score (nSPS) is 18.0. The van der Waals surface area contributed by atoms with Crippen molar-refractivity contribution in [1.82, 2.24) is 4.98 Å². The van der Waals surface area contributed by atoms with Crippen molar-refractivity contribution in [3.63, 3.8) is 0 Å². The predicted octanol–water partition coefficient (Wildman–Crippen LogP) is 3.94. The molecule has 0 unspecified atom stereocenters. The average molecular weight is 595 g/mol. The van der Waals surface area contributed by atoms with Crippen molar-refractivity contribution in [1.29, 1.82) is 0 Å². The summed E-state index contributed by atoms with van der Waals surface area (Å²) in [4.78, 5) is 54.5. The van der Waals surface area contributed by atoms with Gasteiger partial charge in [-0.25, -0.2) is 15.0 Å². The van der Waals surface area contributed by atoms with Crippen LogP contribution in [0.15, 0.2) is 77.7 Å². The van der Waals surface area contributed by atoms with Gasteiger partial charge in [0.1, 0.15) is 0 Å². The first kappa shape index (κ1) is 30.3. The van der Waals surface area contributed by atoms with Crippen LogP contribution in [0.3, 0.4) is 0 Å². The van der Waals surface area contributed by atoms with Crippen LogP contribution in [0.25, 0.3) is 18.4 Å². The van der Waals surface area contributed by atoms with Crippen molar-refractivity contribution in [2.24, 2.45) is 15.0 Å². The standard InChI is InChI=1S/C34H34N4O6/c1-17-21(7-9-33(41)43-5)29-14-30-22(8-10-34(42)44-6)18(2)27(36-30)12-31-24(16-40)20(4)28(38-31)13-32-23(15-39)19(3)26(37-32)11-25(17)35-29/h11-16,38,40H,7-10H2,1-6H3/b24-16+,25-11?,30-14?,31-12?,32-13?. The number of methoxy groups -OCH3 is 2. The number of aromatic amines is 1. The van der Waals surface area contributed by atoms with Crippen molar-refractivity contribution in [3.8, 4) is 0 Å². The van der Waals surface area contributed by atoms with Crippen molar-refractivity contribution in [3.05, 3.63) is 84.5 Å². The molecule has 0 saturated heterocycles. The summed E-state index contributed by atoms with van der Waals surface area (Å²) < 4.78 is 9.79. The molecule has 226 valence electrons. The molecule has 44 heavy (non-hydrogen) atoms. The van der Waals surface area contributed by atoms with Gasteiger partial charge in [0.05, 0.1) is 60.1 Å². The first-order chi connectivity index (χ1) is 21.1. The summed E-state index contributed by atoms with van der Waals surface area (Å²) in [5.74, 6) is -0.665. The molecule has 0 fully saturated rings. The van der Waals surface area contributed by atoms with E-state index in [4.69, 9.17) is 24.5 Å². The molecule has 5 rings (SSSR count). The number of aromatic nitrogens is 1. The van der Waals surface area contributed by atoms with Crippen LogP contribution in [0.4, 0.5) is 0 Å². The molecule has 4 aliphatic heterocycles. The molecule has 0 amide bonds. The Morgan fingerprint density at radius 1 is 0.773 bits per heavy atom. The third-order valence-corrected chi connectivity index (χ3v) is 8.42. The number of carbonyl (C=O) groups is 3. The van der Waals surface area contributed by atoms with Gasteiger partial charge in [-0.15, -0.1) is 0 Å². The number of hydrogen-bond donors (Lipinski definition) is 2. The van der Waals surface area contributed by atoms with Crippen molar-refractivity contribution >= 4 is 53.8 Å². The second kappa shape index (κ2) is 12.2. The molecular weight excluding hydrogens is 560 g/mol. The highest BCUT2D eigenvalue weighted by Crippen LogP contribution is 2.35. The van der Waals surface area contributed by atoms with Crippen LogP contribution in [0, 0.1) is 6.92 Å². The van der Waals surface area contributed by atoms with Gasteiger partial charge in [0, 0.05) is 29.3 Å². The first-order valence-corrected chi connectivity index (χ1v) is 14.3. The van der Waals surface area contributed by atoms with E-state index in [1.807, 2.05) is 45.9 Å². The Kier molecular flexibility index (Phi) is 8.44. The molecular formula is C34H34N4O6. The number of allylic oxidation sites excluding steroid dienone is 8. The summed E-state index contributed by atoms with van der Waals surface area (Å²) in [5, 5.41) is 11.4. The number of nitrogens with one attached hydrogen (secondary N) is 1. The summed E-state index contributed by atoms with van der Waals surface area (Å²) in [6.07, 6.45) is 10.3. The Labute approximate surface area is 254 Å². The highest BCUT2D eigenvalue weighted by atomic mass is 16.5. The number of rotatable bonds is 7. The van der Waals surface area contributed by atoms with Crippen LogP contribution in [0.1, 0.15) is 57.7 Å². The molecule has 2 N–H and O–H groups in total. The molecule has 1 aromatic heterocycles. The van der Waals surface area contributed by atoms with Crippen LogP contribution in [0.2, 0.25) is 0 Å². The zero-order valence-electron chi connectivity index (χ0n) is 25.6. The fourth-order valence-electron chi connectivity index (χ4n) is 5.68. The number of aliphatic imine (C=N–C) groups is 3. The lowest BCUT2D eigenvalue weighted by molar-refractivity contribution is -0.141. The Hall–Kier alpha value is -5.12. The fraction of sp³-hybridized carbons (Fsp3) is 0.294. The number of aliphatic hydroxyl groups is 1. The van der Waals surface area contributed by atoms with Crippen LogP contribution in [-0.2, 0) is 23.9 Å². The van der Waals surface area contributed by atoms with Crippen LogP contribution >= 0.6 is 0 Å². The number of ether oxygens (including phenoxy) is 2. The lowest BCUT2D eigenvalue weighted by atomic mass is 9.96. The van der Waals surface area contributed by atoms with Gasteiger partial charge < -0.3 is 19.6 Å². The molecule has 0 aromatic carbocycles. The maximum Gasteiger partial charge on any atom is 0.305 e. The maximum absolute atomic E-state index is 12.2. The summed E-state index contributed by atoms with van der Waals surface area (Å²) in [5.41, 5.74) is 9.83. The van der Waals surface area contributed by atoms with Gasteiger partial charge in [0.15, 0.2) is 6.29 Å². The first-order valence-electron chi connectivity index (χ1n) is 14.3. The smallest absolute Gasteiger partial charge is 0.305 e. The molecule has 0 aliphatic carbocycles. The van der Waals surface area contributed by atoms with Crippen molar-refractivity contribution in [2.45, 2.75) is 53.4 Å². The lowest BCUT2D eigenvalue weighted by Gasteiger charge is -2.08. The summed E-state index contributed by atoms with van der Waals surface area (Å²) in [6.45, 7) is 7.61. The molecule has 0 radical (unpaired) electrons. The topological polar surface area (TPSA) is 143 Å². The predicted molar refractivity (Wildman–Crippen MR) is 169 cm³/mol.